The van der Waals surface area contributed by atoms with Gasteiger partial charge in [-0.1, -0.05) is 23.7 Å². The van der Waals surface area contributed by atoms with Crippen molar-refractivity contribution in [3.63, 3.8) is 0 Å². The van der Waals surface area contributed by atoms with Crippen molar-refractivity contribution in [3.05, 3.63) is 64.4 Å². The number of carbonyl (C=O) groups is 1. The Morgan fingerprint density at radius 2 is 2.09 bits per heavy atom. The molecule has 1 heterocycles. The van der Waals surface area contributed by atoms with Gasteiger partial charge in [0.25, 0.3) is 0 Å². The van der Waals surface area contributed by atoms with E-state index in [1.165, 1.54) is 24.3 Å². The Bertz CT molecular complexity index is 753. The van der Waals surface area contributed by atoms with E-state index in [0.29, 0.717) is 11.5 Å². The molecule has 0 saturated carbocycles. The van der Waals surface area contributed by atoms with E-state index in [-0.39, 0.29) is 24.0 Å². The Morgan fingerprint density at radius 1 is 1.26 bits per heavy atom. The number of ether oxygens (including phenoxy) is 3. The summed E-state index contributed by atoms with van der Waals surface area (Å²) in [5.74, 6) is 0.185. The summed E-state index contributed by atoms with van der Waals surface area (Å²) in [6.45, 7) is -0.0379. The lowest BCUT2D eigenvalue weighted by atomic mass is 10.2. The summed E-state index contributed by atoms with van der Waals surface area (Å²) in [6, 6.07) is 9.58. The lowest BCUT2D eigenvalue weighted by Gasteiger charge is -2.05. The molecule has 0 bridgehead atoms. The topological polar surface area (TPSA) is 44.8 Å². The molecule has 6 heteroatoms. The molecule has 2 aromatic carbocycles. The Labute approximate surface area is 137 Å². The van der Waals surface area contributed by atoms with Crippen LogP contribution in [0, 0.1) is 5.82 Å². The Kier molecular flexibility index (Phi) is 4.48. The monoisotopic (exact) mass is 334 g/mol. The summed E-state index contributed by atoms with van der Waals surface area (Å²) >= 11 is 5.86. The van der Waals surface area contributed by atoms with Crippen molar-refractivity contribution in [3.8, 4) is 11.5 Å². The van der Waals surface area contributed by atoms with Crippen LogP contribution in [0.25, 0.3) is 6.08 Å². The van der Waals surface area contributed by atoms with Gasteiger partial charge in [-0.3, -0.25) is 0 Å². The van der Waals surface area contributed by atoms with Crippen LogP contribution in [-0.4, -0.2) is 12.8 Å². The molecule has 1 aliphatic heterocycles. The van der Waals surface area contributed by atoms with Gasteiger partial charge in [0, 0.05) is 11.6 Å². The molecule has 0 aliphatic carbocycles. The minimum atomic E-state index is -0.595. The number of fused-ring (bicyclic) bond motifs is 1. The van der Waals surface area contributed by atoms with E-state index in [1.54, 1.807) is 24.3 Å². The van der Waals surface area contributed by atoms with Crippen LogP contribution < -0.4 is 9.47 Å². The van der Waals surface area contributed by atoms with Crippen LogP contribution in [0.1, 0.15) is 11.1 Å². The molecule has 0 N–H and O–H groups in total. The van der Waals surface area contributed by atoms with Gasteiger partial charge in [0.05, 0.1) is 5.02 Å². The predicted molar refractivity (Wildman–Crippen MR) is 82.8 cm³/mol. The van der Waals surface area contributed by atoms with Crippen LogP contribution in [0.3, 0.4) is 0 Å². The molecule has 0 unspecified atom stereocenters. The largest absolute Gasteiger partial charge is 0.457 e. The summed E-state index contributed by atoms with van der Waals surface area (Å²) in [5.41, 5.74) is 0.911. The highest BCUT2D eigenvalue weighted by molar-refractivity contribution is 6.31. The average molecular weight is 335 g/mol. The molecule has 0 aromatic heterocycles. The van der Waals surface area contributed by atoms with Gasteiger partial charge in [0.2, 0.25) is 6.79 Å². The molecule has 118 valence electrons. The van der Waals surface area contributed by atoms with Crippen LogP contribution in [-0.2, 0) is 16.1 Å². The third-order valence-electron chi connectivity index (χ3n) is 3.23. The molecule has 0 fully saturated rings. The summed E-state index contributed by atoms with van der Waals surface area (Å²) < 4.78 is 29.0. The molecule has 2 aromatic rings. The molecular formula is C17H12ClFO4. The van der Waals surface area contributed by atoms with E-state index in [2.05, 4.69) is 0 Å². The van der Waals surface area contributed by atoms with Crippen LogP contribution in [0.15, 0.2) is 42.5 Å². The van der Waals surface area contributed by atoms with Crippen molar-refractivity contribution < 1.29 is 23.4 Å². The zero-order valence-electron chi connectivity index (χ0n) is 11.9. The van der Waals surface area contributed by atoms with Crippen LogP contribution >= 0.6 is 11.6 Å². The lowest BCUT2D eigenvalue weighted by Crippen LogP contribution is -2.03. The molecule has 0 atom stereocenters. The second-order valence-electron chi connectivity index (χ2n) is 4.75. The first-order valence-corrected chi connectivity index (χ1v) is 7.18. The fourth-order valence-corrected chi connectivity index (χ4v) is 2.26. The van der Waals surface area contributed by atoms with Crippen molar-refractivity contribution in [1.29, 1.82) is 0 Å². The molecule has 0 amide bonds. The highest BCUT2D eigenvalue weighted by atomic mass is 35.5. The van der Waals surface area contributed by atoms with E-state index in [4.69, 9.17) is 25.8 Å². The van der Waals surface area contributed by atoms with Gasteiger partial charge in [0.15, 0.2) is 11.5 Å². The first-order valence-electron chi connectivity index (χ1n) is 6.81. The second-order valence-corrected chi connectivity index (χ2v) is 5.16. The quantitative estimate of drug-likeness (QED) is 0.627. The first-order chi connectivity index (χ1) is 11.1. The third kappa shape index (κ3) is 3.63. The molecule has 3 rings (SSSR count). The number of hydrogen-bond acceptors (Lipinski definition) is 4. The number of esters is 1. The summed E-state index contributed by atoms with van der Waals surface area (Å²) in [7, 11) is 0. The number of carbonyl (C=O) groups excluding carboxylic acids is 1. The zero-order chi connectivity index (χ0) is 16.2. The van der Waals surface area contributed by atoms with Crippen molar-refractivity contribution in [2.45, 2.75) is 6.61 Å². The first kappa shape index (κ1) is 15.4. The SMILES string of the molecule is O=C(/C=C/c1ccc2c(c1)OCO2)OCc1c(F)cccc1Cl. The predicted octanol–water partition coefficient (Wildman–Crippen LogP) is 3.96. The van der Waals surface area contributed by atoms with E-state index in [9.17, 15) is 9.18 Å². The van der Waals surface area contributed by atoms with Crippen molar-refractivity contribution in [1.82, 2.24) is 0 Å². The molecular weight excluding hydrogens is 323 g/mol. The smallest absolute Gasteiger partial charge is 0.331 e. The number of hydrogen-bond donors (Lipinski definition) is 0. The summed E-state index contributed by atoms with van der Waals surface area (Å²) in [4.78, 5) is 11.7. The van der Waals surface area contributed by atoms with Crippen LogP contribution in [0.5, 0.6) is 11.5 Å². The highest BCUT2D eigenvalue weighted by Gasteiger charge is 2.12. The van der Waals surface area contributed by atoms with Gasteiger partial charge in [-0.05, 0) is 35.9 Å². The molecule has 1 aliphatic rings. The Morgan fingerprint density at radius 3 is 2.91 bits per heavy atom. The van der Waals surface area contributed by atoms with Gasteiger partial charge in [-0.25, -0.2) is 9.18 Å². The highest BCUT2D eigenvalue weighted by Crippen LogP contribution is 2.32. The minimum absolute atomic E-state index is 0.152. The standard InChI is InChI=1S/C17H12ClFO4/c18-13-2-1-3-14(19)12(13)9-21-17(20)7-5-11-4-6-15-16(8-11)23-10-22-15/h1-8H,9-10H2/b7-5+. The Hall–Kier alpha value is -2.53. The maximum absolute atomic E-state index is 13.6. The molecule has 4 nitrogen and oxygen atoms in total. The second kappa shape index (κ2) is 6.71. The van der Waals surface area contributed by atoms with E-state index >= 15 is 0 Å². The van der Waals surface area contributed by atoms with Gasteiger partial charge in [-0.15, -0.1) is 0 Å². The maximum Gasteiger partial charge on any atom is 0.331 e. The number of rotatable bonds is 4. The van der Waals surface area contributed by atoms with Crippen molar-refractivity contribution in [2.24, 2.45) is 0 Å². The van der Waals surface area contributed by atoms with Crippen molar-refractivity contribution >= 4 is 23.6 Å². The van der Waals surface area contributed by atoms with Crippen molar-refractivity contribution in [2.75, 3.05) is 6.79 Å². The maximum atomic E-state index is 13.6. The summed E-state index contributed by atoms with van der Waals surface area (Å²) in [6.07, 6.45) is 2.83. The molecule has 0 radical (unpaired) electrons. The number of halogens is 2. The minimum Gasteiger partial charge on any atom is -0.457 e. The number of benzene rings is 2. The molecule has 23 heavy (non-hydrogen) atoms. The van der Waals surface area contributed by atoms with E-state index in [0.717, 1.165) is 5.56 Å². The third-order valence-corrected chi connectivity index (χ3v) is 3.58. The van der Waals surface area contributed by atoms with Gasteiger partial charge in [0.1, 0.15) is 12.4 Å². The van der Waals surface area contributed by atoms with Gasteiger partial charge < -0.3 is 14.2 Å². The summed E-state index contributed by atoms with van der Waals surface area (Å²) in [5, 5.41) is 0.220. The van der Waals surface area contributed by atoms with Crippen LogP contribution in [0.4, 0.5) is 4.39 Å². The zero-order valence-corrected chi connectivity index (χ0v) is 12.7. The van der Waals surface area contributed by atoms with Crippen LogP contribution in [0.2, 0.25) is 5.02 Å². The normalized spacial score (nSPS) is 12.6. The average Bonchev–Trinajstić information content (AvgIpc) is 3.00. The molecule has 0 spiro atoms. The van der Waals surface area contributed by atoms with E-state index < -0.39 is 11.8 Å². The molecule has 0 saturated heterocycles. The fourth-order valence-electron chi connectivity index (χ4n) is 2.04. The fraction of sp³-hybridized carbons (Fsp3) is 0.118. The Balaban J connectivity index is 1.61. The van der Waals surface area contributed by atoms with E-state index in [1.807, 2.05) is 0 Å². The van der Waals surface area contributed by atoms with Gasteiger partial charge in [-0.2, -0.15) is 0 Å². The lowest BCUT2D eigenvalue weighted by molar-refractivity contribution is -0.138. The van der Waals surface area contributed by atoms with Gasteiger partial charge >= 0.3 is 5.97 Å².